The molecule has 1 heterocycles. The van der Waals surface area contributed by atoms with E-state index in [1.54, 1.807) is 6.08 Å². The number of carbonyl (C=O) groups excluding carboxylic acids is 1. The zero-order valence-electron chi connectivity index (χ0n) is 19.2. The summed E-state index contributed by atoms with van der Waals surface area (Å²) in [5.74, 6) is -0.794. The van der Waals surface area contributed by atoms with Crippen molar-refractivity contribution in [3.8, 4) is 0 Å². The van der Waals surface area contributed by atoms with Crippen molar-refractivity contribution in [1.29, 1.82) is 0 Å². The molecule has 6 atom stereocenters. The van der Waals surface area contributed by atoms with E-state index in [-0.39, 0.29) is 29.3 Å². The van der Waals surface area contributed by atoms with Gasteiger partial charge >= 0.3 is 11.9 Å². The molecule has 1 aliphatic heterocycles. The lowest BCUT2D eigenvalue weighted by Crippen LogP contribution is -2.59. The van der Waals surface area contributed by atoms with Gasteiger partial charge in [-0.3, -0.25) is 4.79 Å². The second kappa shape index (κ2) is 8.14. The van der Waals surface area contributed by atoms with E-state index in [1.165, 1.54) is 5.57 Å². The third-order valence-corrected chi connectivity index (χ3v) is 8.57. The van der Waals surface area contributed by atoms with Crippen molar-refractivity contribution in [3.05, 3.63) is 23.3 Å². The highest BCUT2D eigenvalue weighted by Crippen LogP contribution is 2.63. The lowest BCUT2D eigenvalue weighted by molar-refractivity contribution is -0.190. The van der Waals surface area contributed by atoms with Crippen LogP contribution in [0.2, 0.25) is 0 Å². The normalized spacial score (nSPS) is 41.8. The van der Waals surface area contributed by atoms with Crippen molar-refractivity contribution in [2.45, 2.75) is 97.7 Å². The van der Waals surface area contributed by atoms with E-state index in [0.717, 1.165) is 44.1 Å². The number of carboxylic acids is 1. The third kappa shape index (κ3) is 4.10. The molecule has 30 heavy (non-hydrogen) atoms. The Balaban J connectivity index is 1.73. The average molecular weight is 419 g/mol. The van der Waals surface area contributed by atoms with Crippen molar-refractivity contribution in [2.24, 2.45) is 22.7 Å². The molecule has 0 aromatic heterocycles. The number of allylic oxidation sites excluding steroid dienone is 1. The van der Waals surface area contributed by atoms with Gasteiger partial charge in [0.2, 0.25) is 0 Å². The minimum atomic E-state index is -0.775. The van der Waals surface area contributed by atoms with Gasteiger partial charge in [-0.05, 0) is 89.0 Å². The second-order valence-electron chi connectivity index (χ2n) is 10.7. The first-order valence-electron chi connectivity index (χ1n) is 11.4. The molecule has 2 aliphatic carbocycles. The maximum Gasteiger partial charge on any atom is 0.331 e. The molecule has 3 aliphatic rings. The first-order valence-corrected chi connectivity index (χ1v) is 11.4. The van der Waals surface area contributed by atoms with Crippen molar-refractivity contribution in [3.63, 3.8) is 0 Å². The first kappa shape index (κ1) is 23.1. The average Bonchev–Trinajstić information content (AvgIpc) is 2.95. The summed E-state index contributed by atoms with van der Waals surface area (Å²) in [6, 6.07) is 0. The van der Waals surface area contributed by atoms with Crippen LogP contribution in [0.4, 0.5) is 0 Å². The molecule has 0 aromatic rings. The van der Waals surface area contributed by atoms with Gasteiger partial charge in [0.1, 0.15) is 6.10 Å². The van der Waals surface area contributed by atoms with Gasteiger partial charge in [-0.2, -0.15) is 0 Å². The van der Waals surface area contributed by atoms with Crippen molar-refractivity contribution < 1.29 is 24.5 Å². The smallest absolute Gasteiger partial charge is 0.331 e. The van der Waals surface area contributed by atoms with Crippen LogP contribution in [0, 0.1) is 22.7 Å². The van der Waals surface area contributed by atoms with E-state index in [4.69, 9.17) is 4.74 Å². The highest BCUT2D eigenvalue weighted by molar-refractivity contribution is 5.85. The summed E-state index contributed by atoms with van der Waals surface area (Å²) in [6.45, 7) is 10.1. The van der Waals surface area contributed by atoms with Crippen LogP contribution in [0.5, 0.6) is 0 Å². The maximum atomic E-state index is 12.2. The molecular formula is C25H38O5. The molecule has 0 spiro atoms. The Bertz CT molecular complexity index is 764. The van der Waals surface area contributed by atoms with Gasteiger partial charge < -0.3 is 14.9 Å². The second-order valence-corrected chi connectivity index (χ2v) is 10.7. The zero-order chi connectivity index (χ0) is 22.3. The summed E-state index contributed by atoms with van der Waals surface area (Å²) in [7, 11) is 0. The fourth-order valence-corrected chi connectivity index (χ4v) is 6.76. The summed E-state index contributed by atoms with van der Waals surface area (Å²) >= 11 is 0. The number of cyclic esters (lactones) is 1. The van der Waals surface area contributed by atoms with E-state index in [9.17, 15) is 19.8 Å². The first-order chi connectivity index (χ1) is 13.9. The summed E-state index contributed by atoms with van der Waals surface area (Å²) in [5, 5.41) is 21.3. The summed E-state index contributed by atoms with van der Waals surface area (Å²) < 4.78 is 5.31. The summed E-state index contributed by atoms with van der Waals surface area (Å²) in [5.41, 5.74) is 0.535. The molecule has 0 saturated heterocycles. The van der Waals surface area contributed by atoms with Crippen molar-refractivity contribution in [1.82, 2.24) is 0 Å². The van der Waals surface area contributed by atoms with Gasteiger partial charge in [0, 0.05) is 12.5 Å². The van der Waals surface area contributed by atoms with Gasteiger partial charge in [0.15, 0.2) is 0 Å². The molecule has 0 amide bonds. The van der Waals surface area contributed by atoms with Crippen LogP contribution in [0.3, 0.4) is 0 Å². The number of ether oxygens (including phenoxy) is 1. The number of esters is 1. The lowest BCUT2D eigenvalue weighted by Gasteiger charge is -2.60. The van der Waals surface area contributed by atoms with Crippen LogP contribution in [-0.4, -0.2) is 33.9 Å². The molecule has 0 aromatic carbocycles. The summed E-state index contributed by atoms with van der Waals surface area (Å²) in [6.07, 6.45) is 9.94. The van der Waals surface area contributed by atoms with Crippen LogP contribution in [0.25, 0.3) is 0 Å². The molecule has 2 fully saturated rings. The minimum Gasteiger partial charge on any atom is -0.481 e. The molecule has 0 bridgehead atoms. The summed E-state index contributed by atoms with van der Waals surface area (Å²) in [4.78, 5) is 23.5. The molecule has 0 radical (unpaired) electrons. The molecule has 2 N–H and O–H groups in total. The number of aliphatic hydroxyl groups is 1. The molecule has 5 nitrogen and oxygen atoms in total. The van der Waals surface area contributed by atoms with Gasteiger partial charge in [0.05, 0.1) is 11.0 Å². The highest BCUT2D eigenvalue weighted by Gasteiger charge is 2.61. The van der Waals surface area contributed by atoms with Gasteiger partial charge in [-0.25, -0.2) is 4.79 Å². The molecule has 6 unspecified atom stereocenters. The SMILES string of the molecule is CC(=CCC1OC(=O)C=C1C)CCC1C(C)(O)CCC2C(C)(C(=O)O)CCCC12C. The zero-order valence-corrected chi connectivity index (χ0v) is 19.2. The maximum absolute atomic E-state index is 12.2. The van der Waals surface area contributed by atoms with Crippen LogP contribution < -0.4 is 0 Å². The minimum absolute atomic E-state index is 0.0667. The van der Waals surface area contributed by atoms with Crippen molar-refractivity contribution >= 4 is 11.9 Å². The van der Waals surface area contributed by atoms with Crippen LogP contribution in [0.15, 0.2) is 23.3 Å². The number of fused-ring (bicyclic) bond motifs is 1. The number of carbonyl (C=O) groups is 2. The predicted molar refractivity (Wildman–Crippen MR) is 116 cm³/mol. The van der Waals surface area contributed by atoms with E-state index < -0.39 is 17.0 Å². The van der Waals surface area contributed by atoms with E-state index >= 15 is 0 Å². The Morgan fingerprint density at radius 3 is 2.57 bits per heavy atom. The van der Waals surface area contributed by atoms with E-state index in [1.807, 2.05) is 20.8 Å². The number of hydrogen-bond donors (Lipinski definition) is 2. The highest BCUT2D eigenvalue weighted by atomic mass is 16.5. The Morgan fingerprint density at radius 1 is 1.27 bits per heavy atom. The predicted octanol–water partition coefficient (Wildman–Crippen LogP) is 5.03. The number of hydrogen-bond acceptors (Lipinski definition) is 4. The topological polar surface area (TPSA) is 83.8 Å². The fourth-order valence-electron chi connectivity index (χ4n) is 6.76. The van der Waals surface area contributed by atoms with Crippen LogP contribution in [0.1, 0.15) is 86.0 Å². The molecule has 3 rings (SSSR count). The largest absolute Gasteiger partial charge is 0.481 e. The van der Waals surface area contributed by atoms with Crippen LogP contribution >= 0.6 is 0 Å². The number of rotatable bonds is 6. The Hall–Kier alpha value is -1.62. The number of aliphatic carboxylic acids is 1. The van der Waals surface area contributed by atoms with Gasteiger partial charge in [-0.1, -0.05) is 25.0 Å². The third-order valence-electron chi connectivity index (χ3n) is 8.57. The van der Waals surface area contributed by atoms with Crippen LogP contribution in [-0.2, 0) is 14.3 Å². The molecule has 5 heteroatoms. The fraction of sp³-hybridized carbons (Fsp3) is 0.760. The Morgan fingerprint density at radius 2 is 1.97 bits per heavy atom. The van der Waals surface area contributed by atoms with E-state index in [2.05, 4.69) is 19.9 Å². The quantitative estimate of drug-likeness (QED) is 0.467. The van der Waals surface area contributed by atoms with Crippen molar-refractivity contribution in [2.75, 3.05) is 0 Å². The molecule has 2 saturated carbocycles. The Labute approximate surface area is 180 Å². The van der Waals surface area contributed by atoms with Gasteiger partial charge in [0.25, 0.3) is 0 Å². The van der Waals surface area contributed by atoms with E-state index in [0.29, 0.717) is 12.8 Å². The lowest BCUT2D eigenvalue weighted by atomic mass is 9.44. The monoisotopic (exact) mass is 418 g/mol. The van der Waals surface area contributed by atoms with Gasteiger partial charge in [-0.15, -0.1) is 0 Å². The molecule has 168 valence electrons. The molecular weight excluding hydrogens is 380 g/mol. The Kier molecular flexibility index (Phi) is 6.26. The number of carboxylic acid groups (broad SMARTS) is 1. The standard InChI is InChI=1S/C25H38O5/c1-16(7-9-18-17(2)15-21(26)30-18)8-10-20-23(3)12-6-13-24(4,22(27)28)19(23)11-14-25(20,5)29/h7,15,18-20,29H,6,8-14H2,1-5H3,(H,27,28).